The molecular weight excluding hydrogens is 618 g/mol. The third-order valence-electron chi connectivity index (χ3n) is 10.8. The highest BCUT2D eigenvalue weighted by Crippen LogP contribution is 2.62. The standard InChI is InChI=1S/C37H49NO10/c1-20-27(42)19-37(44)33(46-23(4)40)31-21(2)28(48-29(43)18-26(38(9)10)25-14-12-11-13-15-25)16-17-36(31,8)34(47-24(5)41)32(45-22(3)39)30(20)35(37,6)7/h11-15,26,28,31-34,44H,2,16-19H2,1,3-10H3/t26-,28+,31-,32+,33-,34-,36-,37+/m0/s1. The molecule has 2 saturated carbocycles. The van der Waals surface area contributed by atoms with Crippen LogP contribution in [0.5, 0.6) is 0 Å². The summed E-state index contributed by atoms with van der Waals surface area (Å²) in [5.41, 5.74) is -2.72. The summed E-state index contributed by atoms with van der Waals surface area (Å²) in [6.45, 7) is 14.8. The summed E-state index contributed by atoms with van der Waals surface area (Å²) in [5.74, 6) is -3.98. The van der Waals surface area contributed by atoms with Gasteiger partial charge in [0.25, 0.3) is 0 Å². The van der Waals surface area contributed by atoms with E-state index in [4.69, 9.17) is 18.9 Å². The van der Waals surface area contributed by atoms with E-state index in [2.05, 4.69) is 6.58 Å². The molecule has 3 aliphatic rings. The molecule has 2 bridgehead atoms. The molecule has 1 aromatic carbocycles. The lowest BCUT2D eigenvalue weighted by atomic mass is 9.47. The molecule has 3 aliphatic carbocycles. The van der Waals surface area contributed by atoms with E-state index in [9.17, 15) is 29.1 Å². The molecule has 262 valence electrons. The molecule has 48 heavy (non-hydrogen) atoms. The first kappa shape index (κ1) is 37.0. The van der Waals surface area contributed by atoms with Gasteiger partial charge in [0.15, 0.2) is 11.9 Å². The second kappa shape index (κ2) is 13.6. The Labute approximate surface area is 282 Å². The van der Waals surface area contributed by atoms with Gasteiger partial charge < -0.3 is 29.0 Å². The van der Waals surface area contributed by atoms with Crippen molar-refractivity contribution in [3.63, 3.8) is 0 Å². The Bertz CT molecular complexity index is 1510. The lowest BCUT2D eigenvalue weighted by molar-refractivity contribution is -0.235. The van der Waals surface area contributed by atoms with E-state index in [-0.39, 0.29) is 36.5 Å². The molecule has 1 aromatic rings. The van der Waals surface area contributed by atoms with Gasteiger partial charge in [-0.2, -0.15) is 0 Å². The number of esters is 4. The second-order valence-electron chi connectivity index (χ2n) is 14.4. The zero-order valence-electron chi connectivity index (χ0n) is 29.5. The molecule has 4 rings (SSSR count). The van der Waals surface area contributed by atoms with Gasteiger partial charge in [-0.1, -0.05) is 57.7 Å². The average Bonchev–Trinajstić information content (AvgIpc) is 2.97. The van der Waals surface area contributed by atoms with E-state index in [1.54, 1.807) is 27.7 Å². The predicted octanol–water partition coefficient (Wildman–Crippen LogP) is 4.42. The molecule has 1 N–H and O–H groups in total. The number of benzene rings is 1. The molecule has 0 saturated heterocycles. The van der Waals surface area contributed by atoms with Crippen LogP contribution >= 0.6 is 0 Å². The van der Waals surface area contributed by atoms with Crippen LogP contribution in [0, 0.1) is 16.7 Å². The van der Waals surface area contributed by atoms with Gasteiger partial charge in [-0.05, 0) is 56.1 Å². The van der Waals surface area contributed by atoms with Crippen LogP contribution in [0.4, 0.5) is 0 Å². The number of hydrogen-bond donors (Lipinski definition) is 1. The van der Waals surface area contributed by atoms with Crippen LogP contribution in [-0.2, 0) is 42.9 Å². The van der Waals surface area contributed by atoms with E-state index in [1.165, 1.54) is 20.8 Å². The van der Waals surface area contributed by atoms with E-state index in [0.29, 0.717) is 5.57 Å². The highest BCUT2D eigenvalue weighted by Gasteiger charge is 2.69. The van der Waals surface area contributed by atoms with Gasteiger partial charge >= 0.3 is 23.9 Å². The van der Waals surface area contributed by atoms with Gasteiger partial charge in [-0.15, -0.1) is 0 Å². The number of carbonyl (C=O) groups excluding carboxylic acids is 5. The van der Waals surface area contributed by atoms with Crippen molar-refractivity contribution in [3.8, 4) is 0 Å². The minimum Gasteiger partial charge on any atom is -0.459 e. The molecule has 0 aliphatic heterocycles. The number of rotatable bonds is 8. The van der Waals surface area contributed by atoms with Gasteiger partial charge in [-0.25, -0.2) is 0 Å². The molecule has 11 nitrogen and oxygen atoms in total. The summed E-state index contributed by atoms with van der Waals surface area (Å²) < 4.78 is 24.0. The van der Waals surface area contributed by atoms with E-state index in [0.717, 1.165) is 5.56 Å². The quantitative estimate of drug-likeness (QED) is 0.239. The number of allylic oxidation sites excluding steroid dienone is 1. The highest BCUT2D eigenvalue weighted by molar-refractivity contribution is 5.98. The molecule has 2 fully saturated rings. The van der Waals surface area contributed by atoms with Crippen molar-refractivity contribution < 1.29 is 48.0 Å². The Morgan fingerprint density at radius 3 is 2.04 bits per heavy atom. The summed E-state index contributed by atoms with van der Waals surface area (Å²) in [4.78, 5) is 67.4. The van der Waals surface area contributed by atoms with Gasteiger partial charge in [0.05, 0.1) is 6.42 Å². The maximum Gasteiger partial charge on any atom is 0.308 e. The number of carbonyl (C=O) groups is 5. The van der Waals surface area contributed by atoms with Crippen molar-refractivity contribution in [1.82, 2.24) is 4.90 Å². The number of nitrogens with zero attached hydrogens (tertiary/aromatic N) is 1. The molecular formula is C37H49NO10. The zero-order chi connectivity index (χ0) is 35.9. The van der Waals surface area contributed by atoms with Crippen LogP contribution in [0.15, 0.2) is 53.6 Å². The van der Waals surface area contributed by atoms with Crippen LogP contribution in [0.2, 0.25) is 0 Å². The normalized spacial score (nSPS) is 31.9. The fourth-order valence-electron chi connectivity index (χ4n) is 8.31. The largest absolute Gasteiger partial charge is 0.459 e. The zero-order valence-corrected chi connectivity index (χ0v) is 29.5. The molecule has 0 aromatic heterocycles. The number of Topliss-reactive ketones (excluding diaryl/α,β-unsaturated/α-hetero) is 1. The first-order valence-corrected chi connectivity index (χ1v) is 16.3. The Balaban J connectivity index is 1.87. The lowest BCUT2D eigenvalue weighted by Gasteiger charge is -2.62. The predicted molar refractivity (Wildman–Crippen MR) is 175 cm³/mol. The van der Waals surface area contributed by atoms with Gasteiger partial charge in [0, 0.05) is 50.0 Å². The Morgan fingerprint density at radius 2 is 1.50 bits per heavy atom. The maximum absolute atomic E-state index is 13.7. The number of fused-ring (bicyclic) bond motifs is 3. The number of aliphatic hydroxyl groups is 1. The summed E-state index contributed by atoms with van der Waals surface area (Å²) in [6.07, 6.45) is -4.57. The fraction of sp³-hybridized carbons (Fsp3) is 0.595. The number of ketones is 1. The van der Waals surface area contributed by atoms with Gasteiger partial charge in [0.1, 0.15) is 23.9 Å². The Kier molecular flexibility index (Phi) is 10.5. The van der Waals surface area contributed by atoms with E-state index in [1.807, 2.05) is 49.3 Å². The Hall–Kier alpha value is -3.83. The van der Waals surface area contributed by atoms with Crippen LogP contribution in [0.3, 0.4) is 0 Å². The SMILES string of the molecule is C=C1[C@H](OC(=O)C[C@@H](c2ccccc2)N(C)C)CC[C@]2(C)[C@@H](OC(C)=O)[C@H](OC(C)=O)C3=C(C)C(=O)C[C@@](O)([C@@H](OC(C)=O)[C@H]12)C3(C)C. The molecule has 0 radical (unpaired) electrons. The first-order valence-electron chi connectivity index (χ1n) is 16.3. The maximum atomic E-state index is 13.7. The van der Waals surface area contributed by atoms with Crippen molar-refractivity contribution in [2.45, 2.75) is 110 Å². The molecule has 0 heterocycles. The van der Waals surface area contributed by atoms with Crippen LogP contribution in [-0.4, -0.2) is 83.8 Å². The number of ether oxygens (including phenoxy) is 4. The minimum absolute atomic E-state index is 0.0413. The molecule has 0 unspecified atom stereocenters. The summed E-state index contributed by atoms with van der Waals surface area (Å²) in [5, 5.41) is 12.8. The van der Waals surface area contributed by atoms with Crippen molar-refractivity contribution in [1.29, 1.82) is 0 Å². The average molecular weight is 668 g/mol. The topological polar surface area (TPSA) is 146 Å². The highest BCUT2D eigenvalue weighted by atomic mass is 16.6. The molecule has 0 spiro atoms. The Morgan fingerprint density at radius 1 is 0.938 bits per heavy atom. The third-order valence-corrected chi connectivity index (χ3v) is 10.8. The summed E-state index contributed by atoms with van der Waals surface area (Å²) in [7, 11) is 3.75. The van der Waals surface area contributed by atoms with Crippen LogP contribution in [0.1, 0.15) is 85.8 Å². The van der Waals surface area contributed by atoms with Crippen LogP contribution < -0.4 is 0 Å². The van der Waals surface area contributed by atoms with E-state index < -0.39 is 82.8 Å². The van der Waals surface area contributed by atoms with Crippen LogP contribution in [0.25, 0.3) is 0 Å². The van der Waals surface area contributed by atoms with Gasteiger partial charge in [0.2, 0.25) is 0 Å². The van der Waals surface area contributed by atoms with E-state index >= 15 is 0 Å². The molecule has 11 heteroatoms. The monoisotopic (exact) mass is 667 g/mol. The second-order valence-corrected chi connectivity index (χ2v) is 14.4. The third kappa shape index (κ3) is 6.59. The van der Waals surface area contributed by atoms with Crippen molar-refractivity contribution in [2.24, 2.45) is 16.7 Å². The van der Waals surface area contributed by atoms with Crippen molar-refractivity contribution in [2.75, 3.05) is 14.1 Å². The van der Waals surface area contributed by atoms with Gasteiger partial charge in [-0.3, -0.25) is 24.0 Å². The fourth-order valence-corrected chi connectivity index (χ4v) is 8.31. The molecule has 0 amide bonds. The summed E-state index contributed by atoms with van der Waals surface area (Å²) >= 11 is 0. The lowest BCUT2D eigenvalue weighted by Crippen LogP contribution is -2.70. The summed E-state index contributed by atoms with van der Waals surface area (Å²) in [6, 6.07) is 9.31. The minimum atomic E-state index is -2.02. The molecule has 8 atom stereocenters. The van der Waals surface area contributed by atoms with Crippen molar-refractivity contribution >= 4 is 29.7 Å². The first-order chi connectivity index (χ1) is 22.3. The smallest absolute Gasteiger partial charge is 0.308 e. The number of hydrogen-bond acceptors (Lipinski definition) is 11. The van der Waals surface area contributed by atoms with Crippen molar-refractivity contribution in [3.05, 3.63) is 59.2 Å².